The number of hydrogen-bond donors (Lipinski definition) is 2. The highest BCUT2D eigenvalue weighted by atomic mass is 79.9. The Balaban J connectivity index is 2.45. The minimum absolute atomic E-state index is 0.0397. The van der Waals surface area contributed by atoms with Crippen LogP contribution in [-0.4, -0.2) is 29.0 Å². The number of halogens is 1. The number of rotatable bonds is 4. The van der Waals surface area contributed by atoms with E-state index in [4.69, 9.17) is 12.2 Å². The Morgan fingerprint density at radius 2 is 1.86 bits per heavy atom. The smallest absolute Gasteiger partial charge is 0.253 e. The standard InChI is InChI=1S/C16H20BrN3OS/c1-4-20(5-2)15(21)13-10(3)18-16(22)19-14(13)11-6-8-12(17)9-7-11/h6-9,14H,4-5H2,1-3H3,(H2,18,19,22). The Morgan fingerprint density at radius 3 is 2.41 bits per heavy atom. The van der Waals surface area contributed by atoms with E-state index in [1.807, 2.05) is 49.9 Å². The lowest BCUT2D eigenvalue weighted by molar-refractivity contribution is -0.127. The molecule has 1 aromatic carbocycles. The Kier molecular flexibility index (Phi) is 5.58. The van der Waals surface area contributed by atoms with E-state index >= 15 is 0 Å². The quantitative estimate of drug-likeness (QED) is 0.786. The van der Waals surface area contributed by atoms with E-state index in [-0.39, 0.29) is 11.9 Å². The number of carbonyl (C=O) groups excluding carboxylic acids is 1. The third-order valence-corrected chi connectivity index (χ3v) is 4.50. The summed E-state index contributed by atoms with van der Waals surface area (Å²) in [6, 6.07) is 7.71. The molecule has 1 unspecified atom stereocenters. The number of nitrogens with one attached hydrogen (secondary N) is 2. The molecule has 1 atom stereocenters. The average Bonchev–Trinajstić information content (AvgIpc) is 2.48. The van der Waals surface area contributed by atoms with Crippen LogP contribution in [0.4, 0.5) is 0 Å². The van der Waals surface area contributed by atoms with Crippen LogP contribution < -0.4 is 10.6 Å². The molecule has 2 N–H and O–H groups in total. The van der Waals surface area contributed by atoms with Crippen molar-refractivity contribution >= 4 is 39.2 Å². The molecule has 1 aromatic rings. The largest absolute Gasteiger partial charge is 0.351 e. The molecule has 1 amide bonds. The second-order valence-electron chi connectivity index (χ2n) is 5.10. The molecule has 0 radical (unpaired) electrons. The first kappa shape index (κ1) is 17.0. The number of benzene rings is 1. The highest BCUT2D eigenvalue weighted by molar-refractivity contribution is 9.10. The Hall–Kier alpha value is -1.40. The van der Waals surface area contributed by atoms with Gasteiger partial charge in [-0.2, -0.15) is 0 Å². The monoisotopic (exact) mass is 381 g/mol. The van der Waals surface area contributed by atoms with Gasteiger partial charge in [0.2, 0.25) is 0 Å². The van der Waals surface area contributed by atoms with Gasteiger partial charge in [0.05, 0.1) is 11.6 Å². The lowest BCUT2D eigenvalue weighted by Gasteiger charge is -2.33. The van der Waals surface area contributed by atoms with Gasteiger partial charge in [-0.25, -0.2) is 0 Å². The van der Waals surface area contributed by atoms with Crippen LogP contribution in [0.25, 0.3) is 0 Å². The van der Waals surface area contributed by atoms with Gasteiger partial charge in [0.15, 0.2) is 5.11 Å². The number of nitrogens with zero attached hydrogens (tertiary/aromatic N) is 1. The fourth-order valence-corrected chi connectivity index (χ4v) is 3.10. The number of allylic oxidation sites excluding steroid dienone is 1. The van der Waals surface area contributed by atoms with Crippen molar-refractivity contribution in [2.24, 2.45) is 0 Å². The summed E-state index contributed by atoms with van der Waals surface area (Å²) in [6.45, 7) is 7.24. The zero-order valence-corrected chi connectivity index (χ0v) is 15.3. The predicted octanol–water partition coefficient (Wildman–Crippen LogP) is 3.11. The summed E-state index contributed by atoms with van der Waals surface area (Å²) in [5, 5.41) is 6.83. The molecule has 0 saturated heterocycles. The van der Waals surface area contributed by atoms with Crippen LogP contribution in [0, 0.1) is 0 Å². The molecular weight excluding hydrogens is 362 g/mol. The molecule has 2 rings (SSSR count). The van der Waals surface area contributed by atoms with Gasteiger partial charge in [0, 0.05) is 23.3 Å². The van der Waals surface area contributed by atoms with Crippen LogP contribution in [0.5, 0.6) is 0 Å². The van der Waals surface area contributed by atoms with E-state index in [0.717, 1.165) is 21.3 Å². The molecule has 0 bridgehead atoms. The minimum Gasteiger partial charge on any atom is -0.351 e. The molecule has 0 saturated carbocycles. The van der Waals surface area contributed by atoms with Crippen molar-refractivity contribution in [2.45, 2.75) is 26.8 Å². The molecule has 118 valence electrons. The van der Waals surface area contributed by atoms with Crippen molar-refractivity contribution in [3.8, 4) is 0 Å². The van der Waals surface area contributed by atoms with Crippen molar-refractivity contribution in [1.82, 2.24) is 15.5 Å². The fourth-order valence-electron chi connectivity index (χ4n) is 2.56. The summed E-state index contributed by atoms with van der Waals surface area (Å²) in [5.74, 6) is 0.0397. The van der Waals surface area contributed by atoms with Gasteiger partial charge >= 0.3 is 0 Å². The molecule has 22 heavy (non-hydrogen) atoms. The molecule has 4 nitrogen and oxygen atoms in total. The maximum atomic E-state index is 12.9. The topological polar surface area (TPSA) is 44.4 Å². The molecule has 1 aliphatic heterocycles. The van der Waals surface area contributed by atoms with Crippen molar-refractivity contribution in [3.05, 3.63) is 45.6 Å². The molecule has 0 fully saturated rings. The highest BCUT2D eigenvalue weighted by Gasteiger charge is 2.31. The van der Waals surface area contributed by atoms with Gasteiger partial charge in [-0.05, 0) is 50.7 Å². The van der Waals surface area contributed by atoms with Crippen molar-refractivity contribution < 1.29 is 4.79 Å². The first-order valence-corrected chi connectivity index (χ1v) is 8.51. The van der Waals surface area contributed by atoms with Gasteiger partial charge in [-0.1, -0.05) is 28.1 Å². The normalized spacial score (nSPS) is 17.8. The van der Waals surface area contributed by atoms with E-state index in [0.29, 0.717) is 18.2 Å². The lowest BCUT2D eigenvalue weighted by atomic mass is 9.94. The molecule has 1 aliphatic rings. The Morgan fingerprint density at radius 1 is 1.27 bits per heavy atom. The number of hydrogen-bond acceptors (Lipinski definition) is 2. The van der Waals surface area contributed by atoms with E-state index in [1.165, 1.54) is 0 Å². The Labute approximate surface area is 145 Å². The van der Waals surface area contributed by atoms with E-state index in [9.17, 15) is 4.79 Å². The van der Waals surface area contributed by atoms with Crippen molar-refractivity contribution in [3.63, 3.8) is 0 Å². The van der Waals surface area contributed by atoms with Gasteiger partial charge < -0.3 is 15.5 Å². The van der Waals surface area contributed by atoms with Crippen LogP contribution in [0.3, 0.4) is 0 Å². The summed E-state index contributed by atoms with van der Waals surface area (Å²) in [4.78, 5) is 14.7. The van der Waals surface area contributed by atoms with Gasteiger partial charge in [-0.3, -0.25) is 4.79 Å². The molecule has 6 heteroatoms. The zero-order chi connectivity index (χ0) is 16.3. The first-order chi connectivity index (χ1) is 10.5. The summed E-state index contributed by atoms with van der Waals surface area (Å²) in [5.41, 5.74) is 2.55. The summed E-state index contributed by atoms with van der Waals surface area (Å²) < 4.78 is 1.00. The zero-order valence-electron chi connectivity index (χ0n) is 12.9. The summed E-state index contributed by atoms with van der Waals surface area (Å²) >= 11 is 8.69. The molecular formula is C16H20BrN3OS. The second kappa shape index (κ2) is 7.24. The van der Waals surface area contributed by atoms with Crippen LogP contribution in [0.1, 0.15) is 32.4 Å². The number of likely N-dealkylation sites (N-methyl/N-ethyl adjacent to an activating group) is 1. The van der Waals surface area contributed by atoms with Crippen LogP contribution in [0.15, 0.2) is 40.0 Å². The third kappa shape index (κ3) is 3.50. The number of amides is 1. The Bertz CT molecular complexity index is 608. The summed E-state index contributed by atoms with van der Waals surface area (Å²) in [7, 11) is 0. The number of carbonyl (C=O) groups is 1. The number of thiocarbonyl (C=S) groups is 1. The van der Waals surface area contributed by atoms with E-state index in [2.05, 4.69) is 26.6 Å². The lowest BCUT2D eigenvalue weighted by Crippen LogP contribution is -2.47. The maximum Gasteiger partial charge on any atom is 0.253 e. The minimum atomic E-state index is -0.227. The van der Waals surface area contributed by atoms with Crippen LogP contribution >= 0.6 is 28.1 Å². The van der Waals surface area contributed by atoms with Crippen LogP contribution in [0.2, 0.25) is 0 Å². The predicted molar refractivity (Wildman–Crippen MR) is 96.4 cm³/mol. The molecule has 0 aromatic heterocycles. The van der Waals surface area contributed by atoms with Gasteiger partial charge in [-0.15, -0.1) is 0 Å². The summed E-state index contributed by atoms with van der Waals surface area (Å²) in [6.07, 6.45) is 0. The van der Waals surface area contributed by atoms with Gasteiger partial charge in [0.1, 0.15) is 0 Å². The second-order valence-corrected chi connectivity index (χ2v) is 6.42. The molecule has 1 heterocycles. The third-order valence-electron chi connectivity index (χ3n) is 3.75. The first-order valence-electron chi connectivity index (χ1n) is 7.30. The van der Waals surface area contributed by atoms with Crippen LogP contribution in [-0.2, 0) is 4.79 Å². The van der Waals surface area contributed by atoms with Crippen molar-refractivity contribution in [1.29, 1.82) is 0 Å². The fraction of sp³-hybridized carbons (Fsp3) is 0.375. The van der Waals surface area contributed by atoms with E-state index in [1.54, 1.807) is 0 Å². The maximum absolute atomic E-state index is 12.9. The molecule has 0 aliphatic carbocycles. The average molecular weight is 382 g/mol. The molecule has 0 spiro atoms. The van der Waals surface area contributed by atoms with Crippen molar-refractivity contribution in [2.75, 3.05) is 13.1 Å². The highest BCUT2D eigenvalue weighted by Crippen LogP contribution is 2.29. The van der Waals surface area contributed by atoms with E-state index < -0.39 is 0 Å². The van der Waals surface area contributed by atoms with Gasteiger partial charge in [0.25, 0.3) is 5.91 Å². The SMILES string of the molecule is CCN(CC)C(=O)C1=C(C)NC(=S)NC1c1ccc(Br)cc1.